The Hall–Kier alpha value is -2.89. The molecule has 0 spiro atoms. The van der Waals surface area contributed by atoms with Gasteiger partial charge in [-0.1, -0.05) is 0 Å². The molecule has 0 unspecified atom stereocenters. The number of carbonyl (C=O) groups is 1. The lowest BCUT2D eigenvalue weighted by atomic mass is 10.2. The fraction of sp³-hybridized carbons (Fsp3) is 0.0667. The van der Waals surface area contributed by atoms with Gasteiger partial charge >= 0.3 is 0 Å². The number of nitrogens with one attached hydrogen (secondary N) is 1. The molecule has 0 fully saturated rings. The summed E-state index contributed by atoms with van der Waals surface area (Å²) in [5.41, 5.74) is 0.550. The predicted octanol–water partition coefficient (Wildman–Crippen LogP) is 1.25. The van der Waals surface area contributed by atoms with Crippen molar-refractivity contribution in [2.24, 2.45) is 5.14 Å². The van der Waals surface area contributed by atoms with E-state index in [1.165, 1.54) is 25.3 Å². The first-order chi connectivity index (χ1) is 10.8. The molecule has 0 aliphatic heterocycles. The molecule has 2 aromatic rings. The van der Waals surface area contributed by atoms with E-state index in [0.717, 1.165) is 0 Å². The van der Waals surface area contributed by atoms with Gasteiger partial charge in [0, 0.05) is 18.7 Å². The minimum atomic E-state index is -3.75. The molecule has 3 N–H and O–H groups in total. The van der Waals surface area contributed by atoms with E-state index in [1.807, 2.05) is 0 Å². The summed E-state index contributed by atoms with van der Waals surface area (Å²) < 4.78 is 28.0. The first-order valence-corrected chi connectivity index (χ1v) is 7.96. The van der Waals surface area contributed by atoms with Crippen LogP contribution in [0.25, 0.3) is 17.4 Å². The van der Waals surface area contributed by atoms with E-state index in [2.05, 4.69) is 5.32 Å². The Bertz CT molecular complexity index is 903. The number of nitrogens with zero attached hydrogens (tertiary/aromatic N) is 1. The fourth-order valence-electron chi connectivity index (χ4n) is 1.82. The third-order valence-corrected chi connectivity index (χ3v) is 3.90. The average molecular weight is 331 g/mol. The molecule has 0 radical (unpaired) electrons. The molecule has 1 heterocycles. The van der Waals surface area contributed by atoms with Crippen LogP contribution in [0.5, 0.6) is 0 Å². The van der Waals surface area contributed by atoms with Crippen LogP contribution in [-0.4, -0.2) is 21.4 Å². The SMILES string of the molecule is CNC(=O)/C(C#N)=C\c1ccc(-c2ccc(S(N)(=O)=O)cc2)o1. The molecule has 2 rings (SSSR count). The van der Waals surface area contributed by atoms with Crippen molar-refractivity contribution in [3.05, 3.63) is 47.7 Å². The Labute approximate surface area is 133 Å². The number of sulfonamides is 1. The van der Waals surface area contributed by atoms with Gasteiger partial charge < -0.3 is 9.73 Å². The second-order valence-electron chi connectivity index (χ2n) is 4.52. The molecule has 0 atom stereocenters. The second kappa shape index (κ2) is 6.48. The molecular formula is C15H13N3O4S. The van der Waals surface area contributed by atoms with Gasteiger partial charge in [0.2, 0.25) is 10.0 Å². The summed E-state index contributed by atoms with van der Waals surface area (Å²) >= 11 is 0. The standard InChI is InChI=1S/C15H13N3O4S/c1-18-15(19)11(9-16)8-12-4-7-14(22-12)10-2-5-13(6-3-10)23(17,20)21/h2-8H,1H3,(H,18,19)(H2,17,20,21)/b11-8-. The molecule has 0 bridgehead atoms. The maximum Gasteiger partial charge on any atom is 0.261 e. The minimum Gasteiger partial charge on any atom is -0.457 e. The van der Waals surface area contributed by atoms with Gasteiger partial charge in [-0.25, -0.2) is 13.6 Å². The van der Waals surface area contributed by atoms with Gasteiger partial charge in [-0.2, -0.15) is 5.26 Å². The van der Waals surface area contributed by atoms with E-state index in [-0.39, 0.29) is 10.5 Å². The maximum atomic E-state index is 11.4. The number of benzene rings is 1. The van der Waals surface area contributed by atoms with Crippen LogP contribution in [0.1, 0.15) is 5.76 Å². The Kier molecular flexibility index (Phi) is 4.64. The van der Waals surface area contributed by atoms with Crippen LogP contribution in [0.4, 0.5) is 0 Å². The number of likely N-dealkylation sites (N-methyl/N-ethyl adjacent to an activating group) is 1. The van der Waals surface area contributed by atoms with Crippen molar-refractivity contribution >= 4 is 22.0 Å². The van der Waals surface area contributed by atoms with Crippen LogP contribution in [0.2, 0.25) is 0 Å². The zero-order valence-electron chi connectivity index (χ0n) is 12.1. The van der Waals surface area contributed by atoms with Crippen LogP contribution in [0.15, 0.2) is 51.3 Å². The second-order valence-corrected chi connectivity index (χ2v) is 6.08. The van der Waals surface area contributed by atoms with Gasteiger partial charge in [0.15, 0.2) is 0 Å². The van der Waals surface area contributed by atoms with Crippen LogP contribution in [0, 0.1) is 11.3 Å². The number of amides is 1. The van der Waals surface area contributed by atoms with E-state index in [4.69, 9.17) is 14.8 Å². The van der Waals surface area contributed by atoms with Crippen molar-refractivity contribution in [3.63, 3.8) is 0 Å². The summed E-state index contributed by atoms with van der Waals surface area (Å²) in [5.74, 6) is 0.282. The highest BCUT2D eigenvalue weighted by Crippen LogP contribution is 2.24. The third-order valence-electron chi connectivity index (χ3n) is 2.97. The van der Waals surface area contributed by atoms with Crippen molar-refractivity contribution < 1.29 is 17.6 Å². The highest BCUT2D eigenvalue weighted by molar-refractivity contribution is 7.89. The monoisotopic (exact) mass is 331 g/mol. The van der Waals surface area contributed by atoms with Crippen LogP contribution >= 0.6 is 0 Å². The number of rotatable bonds is 4. The molecule has 23 heavy (non-hydrogen) atoms. The molecule has 8 heteroatoms. The average Bonchev–Trinajstić information content (AvgIpc) is 2.99. The van der Waals surface area contributed by atoms with Gasteiger partial charge in [-0.3, -0.25) is 4.79 Å². The molecule has 118 valence electrons. The Morgan fingerprint density at radius 2 is 1.91 bits per heavy atom. The van der Waals surface area contributed by atoms with E-state index >= 15 is 0 Å². The Morgan fingerprint density at radius 3 is 2.43 bits per heavy atom. The minimum absolute atomic E-state index is 0.000640. The Balaban J connectivity index is 2.31. The highest BCUT2D eigenvalue weighted by atomic mass is 32.2. The lowest BCUT2D eigenvalue weighted by molar-refractivity contribution is -0.116. The zero-order valence-corrected chi connectivity index (χ0v) is 12.9. The van der Waals surface area contributed by atoms with Crippen molar-refractivity contribution in [2.45, 2.75) is 4.90 Å². The summed E-state index contributed by atoms with van der Waals surface area (Å²) in [6.45, 7) is 0. The number of nitrogens with two attached hydrogens (primary N) is 1. The molecule has 1 amide bonds. The lowest BCUT2D eigenvalue weighted by Crippen LogP contribution is -2.18. The molecule has 7 nitrogen and oxygen atoms in total. The van der Waals surface area contributed by atoms with Gasteiger partial charge in [-0.15, -0.1) is 0 Å². The number of nitriles is 1. The Morgan fingerprint density at radius 1 is 1.26 bits per heavy atom. The van der Waals surface area contributed by atoms with Gasteiger partial charge in [-0.05, 0) is 36.4 Å². The molecule has 1 aromatic carbocycles. The first kappa shape index (κ1) is 16.5. The molecule has 0 saturated carbocycles. The molecule has 0 saturated heterocycles. The van der Waals surface area contributed by atoms with Crippen molar-refractivity contribution in [1.29, 1.82) is 5.26 Å². The molecule has 1 aromatic heterocycles. The summed E-state index contributed by atoms with van der Waals surface area (Å²) in [6.07, 6.45) is 1.32. The molecule has 0 aliphatic rings. The number of hydrogen-bond donors (Lipinski definition) is 2. The van der Waals surface area contributed by atoms with Crippen LogP contribution in [0.3, 0.4) is 0 Å². The van der Waals surface area contributed by atoms with Crippen molar-refractivity contribution in [3.8, 4) is 17.4 Å². The number of furan rings is 1. The lowest BCUT2D eigenvalue weighted by Gasteiger charge is -2.00. The molecule has 0 aliphatic carbocycles. The number of carbonyl (C=O) groups excluding carboxylic acids is 1. The van der Waals surface area contributed by atoms with Crippen molar-refractivity contribution in [2.75, 3.05) is 7.05 Å². The quantitative estimate of drug-likeness (QED) is 0.644. The van der Waals surface area contributed by atoms with Crippen LogP contribution < -0.4 is 10.5 Å². The first-order valence-electron chi connectivity index (χ1n) is 6.42. The highest BCUT2D eigenvalue weighted by Gasteiger charge is 2.11. The largest absolute Gasteiger partial charge is 0.457 e. The number of hydrogen-bond acceptors (Lipinski definition) is 5. The van der Waals surface area contributed by atoms with Crippen molar-refractivity contribution in [1.82, 2.24) is 5.32 Å². The smallest absolute Gasteiger partial charge is 0.261 e. The normalized spacial score (nSPS) is 11.8. The van der Waals surface area contributed by atoms with Gasteiger partial charge in [0.1, 0.15) is 23.2 Å². The van der Waals surface area contributed by atoms with Crippen LogP contribution in [-0.2, 0) is 14.8 Å². The van der Waals surface area contributed by atoms with E-state index in [0.29, 0.717) is 17.1 Å². The predicted molar refractivity (Wildman–Crippen MR) is 83.2 cm³/mol. The van der Waals surface area contributed by atoms with E-state index in [1.54, 1.807) is 30.3 Å². The summed E-state index contributed by atoms with van der Waals surface area (Å²) in [4.78, 5) is 11.4. The summed E-state index contributed by atoms with van der Waals surface area (Å²) in [7, 11) is -2.32. The summed E-state index contributed by atoms with van der Waals surface area (Å²) in [6, 6.07) is 10.9. The molecular weight excluding hydrogens is 318 g/mol. The van der Waals surface area contributed by atoms with E-state index < -0.39 is 15.9 Å². The number of primary sulfonamides is 1. The zero-order chi connectivity index (χ0) is 17.0. The fourth-order valence-corrected chi connectivity index (χ4v) is 2.34. The maximum absolute atomic E-state index is 11.4. The van der Waals surface area contributed by atoms with E-state index in [9.17, 15) is 13.2 Å². The topological polar surface area (TPSA) is 126 Å². The van der Waals surface area contributed by atoms with Gasteiger partial charge in [0.25, 0.3) is 5.91 Å². The van der Waals surface area contributed by atoms with Gasteiger partial charge in [0.05, 0.1) is 4.90 Å². The third kappa shape index (κ3) is 3.85. The summed E-state index contributed by atoms with van der Waals surface area (Å²) in [5, 5.41) is 16.3.